The van der Waals surface area contributed by atoms with E-state index in [1.165, 1.54) is 57.4 Å². The van der Waals surface area contributed by atoms with Gasteiger partial charge in [-0.05, 0) is 50.5 Å². The molecule has 0 aromatic heterocycles. The van der Waals surface area contributed by atoms with Crippen molar-refractivity contribution in [2.75, 3.05) is 13.2 Å². The molecule has 0 aliphatic rings. The van der Waals surface area contributed by atoms with Crippen LogP contribution in [0.5, 0.6) is 0 Å². The third kappa shape index (κ3) is 29.0. The maximum atomic E-state index is 11.9. The number of ether oxygens (including phenoxy) is 2. The maximum Gasteiger partial charge on any atom is 0.305 e. The lowest BCUT2D eigenvalue weighted by molar-refractivity contribution is -0.152. The highest BCUT2D eigenvalue weighted by molar-refractivity contribution is 5.90. The zero-order valence-corrected chi connectivity index (χ0v) is 26.9. The number of esters is 2. The van der Waals surface area contributed by atoms with Crippen LogP contribution >= 0.6 is 0 Å². The summed E-state index contributed by atoms with van der Waals surface area (Å²) in [5.74, 6) is -0.0599. The molecule has 0 amide bonds. The van der Waals surface area contributed by atoms with E-state index in [4.69, 9.17) is 9.47 Å². The van der Waals surface area contributed by atoms with E-state index in [1.807, 2.05) is 12.2 Å². The molecule has 1 unspecified atom stereocenters. The third-order valence-electron chi connectivity index (χ3n) is 7.08. The SMILES string of the molecule is CCCCC/C=C\C/C=C\C/C=C\C=C\C(=O)CCCC(=O)OC[C@H](O)COC(=O)CCCCCCCCC(C)CC. The van der Waals surface area contributed by atoms with Crippen molar-refractivity contribution < 1.29 is 29.0 Å². The van der Waals surface area contributed by atoms with Crippen LogP contribution in [-0.2, 0) is 23.9 Å². The summed E-state index contributed by atoms with van der Waals surface area (Å²) in [4.78, 5) is 35.7. The highest BCUT2D eigenvalue weighted by Gasteiger charge is 2.12. The number of hydrogen-bond donors (Lipinski definition) is 1. The van der Waals surface area contributed by atoms with Gasteiger partial charge in [0.2, 0.25) is 0 Å². The standard InChI is InChI=1S/C36H60O6/c1-4-6-7-8-9-10-11-12-13-14-15-19-22-26-33(37)27-24-29-36(40)42-31-34(38)30-41-35(39)28-23-20-17-16-18-21-25-32(3)5-2/h9-10,12-13,15,19,22,26,32,34,38H,4-8,11,14,16-18,20-21,23-25,27-31H2,1-3H3/b10-9-,13-12-,19-15-,26-22+/t32?,34-/m1/s1. The van der Waals surface area contributed by atoms with Crippen LogP contribution in [0, 0.1) is 5.92 Å². The Morgan fingerprint density at radius 2 is 1.26 bits per heavy atom. The Labute approximate surface area is 256 Å². The first-order chi connectivity index (χ1) is 20.4. The van der Waals surface area contributed by atoms with E-state index in [0.29, 0.717) is 12.8 Å². The molecule has 6 heteroatoms. The van der Waals surface area contributed by atoms with Crippen molar-refractivity contribution in [2.45, 2.75) is 142 Å². The van der Waals surface area contributed by atoms with E-state index in [1.54, 1.807) is 6.08 Å². The summed E-state index contributed by atoms with van der Waals surface area (Å²) in [7, 11) is 0. The number of carbonyl (C=O) groups excluding carboxylic acids is 3. The fourth-order valence-corrected chi connectivity index (χ4v) is 4.13. The molecule has 0 radical (unpaired) electrons. The van der Waals surface area contributed by atoms with Gasteiger partial charge in [0.25, 0.3) is 0 Å². The summed E-state index contributed by atoms with van der Waals surface area (Å²) in [6.45, 7) is 6.32. The molecule has 0 aliphatic heterocycles. The molecule has 0 aromatic carbocycles. The Balaban J connectivity index is 3.73. The number of allylic oxidation sites excluding steroid dienone is 8. The molecule has 42 heavy (non-hydrogen) atoms. The van der Waals surface area contributed by atoms with Gasteiger partial charge in [-0.2, -0.15) is 0 Å². The van der Waals surface area contributed by atoms with Crippen LogP contribution in [0.2, 0.25) is 0 Å². The van der Waals surface area contributed by atoms with E-state index in [9.17, 15) is 19.5 Å². The van der Waals surface area contributed by atoms with Crippen LogP contribution in [0.25, 0.3) is 0 Å². The van der Waals surface area contributed by atoms with Gasteiger partial charge in [0.05, 0.1) is 0 Å². The Morgan fingerprint density at radius 3 is 1.93 bits per heavy atom. The number of hydrogen-bond acceptors (Lipinski definition) is 6. The highest BCUT2D eigenvalue weighted by atomic mass is 16.6. The second-order valence-corrected chi connectivity index (χ2v) is 11.2. The first-order valence-corrected chi connectivity index (χ1v) is 16.5. The second kappa shape index (κ2) is 30.0. The molecule has 6 nitrogen and oxygen atoms in total. The zero-order valence-electron chi connectivity index (χ0n) is 26.9. The lowest BCUT2D eigenvalue weighted by Gasteiger charge is -2.12. The van der Waals surface area contributed by atoms with Crippen molar-refractivity contribution in [3.8, 4) is 0 Å². The minimum absolute atomic E-state index is 0.0512. The van der Waals surface area contributed by atoms with Crippen LogP contribution in [0.1, 0.15) is 136 Å². The minimum Gasteiger partial charge on any atom is -0.463 e. The monoisotopic (exact) mass is 588 g/mol. The van der Waals surface area contributed by atoms with Crippen molar-refractivity contribution in [3.05, 3.63) is 48.6 Å². The first kappa shape index (κ1) is 39.5. The van der Waals surface area contributed by atoms with Crippen LogP contribution < -0.4 is 0 Å². The molecule has 0 heterocycles. The van der Waals surface area contributed by atoms with Gasteiger partial charge in [0, 0.05) is 19.3 Å². The summed E-state index contributed by atoms with van der Waals surface area (Å²) in [6, 6.07) is 0. The van der Waals surface area contributed by atoms with Gasteiger partial charge in [0.15, 0.2) is 5.78 Å². The van der Waals surface area contributed by atoms with Crippen molar-refractivity contribution in [1.82, 2.24) is 0 Å². The van der Waals surface area contributed by atoms with E-state index in [2.05, 4.69) is 45.1 Å². The molecule has 1 N–H and O–H groups in total. The van der Waals surface area contributed by atoms with Gasteiger partial charge in [-0.1, -0.05) is 121 Å². The van der Waals surface area contributed by atoms with Gasteiger partial charge in [0.1, 0.15) is 19.3 Å². The smallest absolute Gasteiger partial charge is 0.305 e. The second-order valence-electron chi connectivity index (χ2n) is 11.2. The highest BCUT2D eigenvalue weighted by Crippen LogP contribution is 2.14. The quantitative estimate of drug-likeness (QED) is 0.0323. The Morgan fingerprint density at radius 1 is 0.667 bits per heavy atom. The number of ketones is 1. The van der Waals surface area contributed by atoms with Gasteiger partial charge in [-0.3, -0.25) is 14.4 Å². The summed E-state index contributed by atoms with van der Waals surface area (Å²) in [6.07, 6.45) is 31.7. The Kier molecular flexibility index (Phi) is 28.2. The normalized spacial score (nSPS) is 13.4. The van der Waals surface area contributed by atoms with Gasteiger partial charge in [-0.15, -0.1) is 0 Å². The molecule has 0 aliphatic carbocycles. The summed E-state index contributed by atoms with van der Waals surface area (Å²) in [5, 5.41) is 9.93. The molecule has 2 atom stereocenters. The number of rotatable bonds is 28. The average molecular weight is 589 g/mol. The summed E-state index contributed by atoms with van der Waals surface area (Å²) < 4.78 is 10.1. The van der Waals surface area contributed by atoms with Gasteiger partial charge < -0.3 is 14.6 Å². The average Bonchev–Trinajstić information content (AvgIpc) is 2.98. The molecule has 0 aromatic rings. The summed E-state index contributed by atoms with van der Waals surface area (Å²) in [5.41, 5.74) is 0. The molecule has 0 spiro atoms. The van der Waals surface area contributed by atoms with Crippen molar-refractivity contribution >= 4 is 17.7 Å². The predicted molar refractivity (Wildman–Crippen MR) is 173 cm³/mol. The lowest BCUT2D eigenvalue weighted by atomic mass is 10.00. The molecule has 0 saturated heterocycles. The molecular weight excluding hydrogens is 528 g/mol. The Bertz CT molecular complexity index is 795. The predicted octanol–water partition coefficient (Wildman–Crippen LogP) is 8.93. The van der Waals surface area contributed by atoms with Crippen molar-refractivity contribution in [3.63, 3.8) is 0 Å². The number of aliphatic hydroxyl groups is 1. The topological polar surface area (TPSA) is 89.9 Å². The van der Waals surface area contributed by atoms with Crippen molar-refractivity contribution in [2.24, 2.45) is 5.92 Å². The lowest BCUT2D eigenvalue weighted by Crippen LogP contribution is -2.25. The van der Waals surface area contributed by atoms with E-state index in [0.717, 1.165) is 44.4 Å². The van der Waals surface area contributed by atoms with E-state index < -0.39 is 12.1 Å². The molecule has 0 saturated carbocycles. The molecular formula is C36H60O6. The first-order valence-electron chi connectivity index (χ1n) is 16.5. The molecule has 0 fully saturated rings. The molecule has 240 valence electrons. The van der Waals surface area contributed by atoms with Gasteiger partial charge in [-0.25, -0.2) is 0 Å². The van der Waals surface area contributed by atoms with Crippen LogP contribution in [-0.4, -0.2) is 42.1 Å². The number of unbranched alkanes of at least 4 members (excludes halogenated alkanes) is 8. The number of carbonyl (C=O) groups is 3. The fourth-order valence-electron chi connectivity index (χ4n) is 4.13. The largest absolute Gasteiger partial charge is 0.463 e. The van der Waals surface area contributed by atoms with Crippen LogP contribution in [0.15, 0.2) is 48.6 Å². The molecule has 0 rings (SSSR count). The minimum atomic E-state index is -1.05. The van der Waals surface area contributed by atoms with Crippen molar-refractivity contribution in [1.29, 1.82) is 0 Å². The third-order valence-corrected chi connectivity index (χ3v) is 7.08. The van der Waals surface area contributed by atoms with Crippen LogP contribution in [0.3, 0.4) is 0 Å². The number of aliphatic hydroxyl groups excluding tert-OH is 1. The van der Waals surface area contributed by atoms with E-state index >= 15 is 0 Å². The fraction of sp³-hybridized carbons (Fsp3) is 0.694. The zero-order chi connectivity index (χ0) is 31.1. The van der Waals surface area contributed by atoms with E-state index in [-0.39, 0.29) is 37.8 Å². The summed E-state index contributed by atoms with van der Waals surface area (Å²) >= 11 is 0. The molecule has 0 bridgehead atoms. The Hall–Kier alpha value is -2.47. The van der Waals surface area contributed by atoms with Gasteiger partial charge >= 0.3 is 11.9 Å². The van der Waals surface area contributed by atoms with Crippen LogP contribution in [0.4, 0.5) is 0 Å². The maximum absolute atomic E-state index is 11.9.